The van der Waals surface area contributed by atoms with Crippen LogP contribution in [0.15, 0.2) is 64.4 Å². The Hall–Kier alpha value is -4.41. The van der Waals surface area contributed by atoms with Crippen molar-refractivity contribution in [2.75, 3.05) is 13.2 Å². The molecule has 2 N–H and O–H groups in total. The van der Waals surface area contributed by atoms with Gasteiger partial charge in [0.05, 0.1) is 34.6 Å². The van der Waals surface area contributed by atoms with Crippen molar-refractivity contribution in [1.82, 2.24) is 10.6 Å². The number of nitrogens with one attached hydrogen (secondary N) is 2. The fourth-order valence-corrected chi connectivity index (χ4v) is 2.99. The van der Waals surface area contributed by atoms with Gasteiger partial charge in [-0.1, -0.05) is 12.1 Å². The number of ether oxygens (including phenoxy) is 2. The number of benzene rings is 1. The summed E-state index contributed by atoms with van der Waals surface area (Å²) in [5.41, 5.74) is 0.0996. The molecule has 1 aliphatic heterocycles. The second-order valence-corrected chi connectivity index (χ2v) is 6.42. The highest BCUT2D eigenvalue weighted by Gasteiger charge is 2.35. The molecular formula is C21H19N3O8. The van der Waals surface area contributed by atoms with Crippen molar-refractivity contribution in [3.8, 4) is 0 Å². The van der Waals surface area contributed by atoms with Gasteiger partial charge in [0.2, 0.25) is 0 Å². The number of para-hydroxylation sites is 1. The summed E-state index contributed by atoms with van der Waals surface area (Å²) in [6.07, 6.45) is 3.65. The summed E-state index contributed by atoms with van der Waals surface area (Å²) in [4.78, 5) is 47.3. The number of nitrogens with zero attached hydrogens (tertiary/aromatic N) is 1. The average Bonchev–Trinajstić information content (AvgIpc) is 3.31. The average molecular weight is 441 g/mol. The van der Waals surface area contributed by atoms with Gasteiger partial charge in [-0.3, -0.25) is 10.1 Å². The molecule has 2 amide bonds. The second kappa shape index (κ2) is 10.1. The maximum absolute atomic E-state index is 12.5. The number of hydrogen-bond donors (Lipinski definition) is 2. The molecule has 0 bridgehead atoms. The summed E-state index contributed by atoms with van der Waals surface area (Å²) in [6.45, 7) is 1.27. The molecule has 1 aromatic heterocycles. The van der Waals surface area contributed by atoms with Crippen molar-refractivity contribution >= 4 is 29.7 Å². The number of esters is 2. The maximum Gasteiger partial charge on any atom is 0.338 e. The summed E-state index contributed by atoms with van der Waals surface area (Å²) in [6, 6.07) is 7.49. The minimum absolute atomic E-state index is 0.0249. The molecule has 11 heteroatoms. The standard InChI is InChI=1S/C21H19N3O8/c1-2-30-20(26)18-14(22-21(27)23-19(18)16-8-5-11-31-16)12-32-17(25)10-9-13-6-3-4-7-15(13)24(28)29/h3-11,19H,2,12H2,1H3,(H2,22,23,27)/b10-9+. The number of rotatable bonds is 8. The first-order chi connectivity index (χ1) is 15.4. The van der Waals surface area contributed by atoms with E-state index in [9.17, 15) is 24.5 Å². The predicted octanol–water partition coefficient (Wildman–Crippen LogP) is 2.62. The molecular weight excluding hydrogens is 422 g/mol. The van der Waals surface area contributed by atoms with Crippen molar-refractivity contribution in [3.63, 3.8) is 0 Å². The molecule has 2 aromatic rings. The fraction of sp³-hybridized carbons (Fsp3) is 0.190. The number of furan rings is 1. The van der Waals surface area contributed by atoms with Crippen LogP contribution in [0.2, 0.25) is 0 Å². The molecule has 166 valence electrons. The zero-order valence-corrected chi connectivity index (χ0v) is 16.9. The normalized spacial score (nSPS) is 15.8. The fourth-order valence-electron chi connectivity index (χ4n) is 2.99. The van der Waals surface area contributed by atoms with E-state index in [1.165, 1.54) is 30.5 Å². The Kier molecular flexibility index (Phi) is 7.01. The summed E-state index contributed by atoms with van der Waals surface area (Å²) >= 11 is 0. The van der Waals surface area contributed by atoms with Gasteiger partial charge >= 0.3 is 18.0 Å². The van der Waals surface area contributed by atoms with E-state index in [1.54, 1.807) is 25.1 Å². The van der Waals surface area contributed by atoms with E-state index in [2.05, 4.69) is 10.6 Å². The van der Waals surface area contributed by atoms with Gasteiger partial charge in [0.15, 0.2) is 0 Å². The molecule has 0 fully saturated rings. The SMILES string of the molecule is CCOC(=O)C1=C(COC(=O)/C=C/c2ccccc2[N+](=O)[O-])NC(=O)NC1c1ccco1. The van der Waals surface area contributed by atoms with Crippen molar-refractivity contribution in [2.24, 2.45) is 0 Å². The van der Waals surface area contributed by atoms with Crippen molar-refractivity contribution in [2.45, 2.75) is 13.0 Å². The molecule has 2 heterocycles. The van der Waals surface area contributed by atoms with Gasteiger partial charge in [0.1, 0.15) is 18.4 Å². The van der Waals surface area contributed by atoms with Gasteiger partial charge in [0, 0.05) is 12.1 Å². The van der Waals surface area contributed by atoms with E-state index in [0.717, 1.165) is 6.08 Å². The minimum Gasteiger partial charge on any atom is -0.467 e. The zero-order chi connectivity index (χ0) is 23.1. The van der Waals surface area contributed by atoms with E-state index in [1.807, 2.05) is 0 Å². The van der Waals surface area contributed by atoms with E-state index in [-0.39, 0.29) is 29.1 Å². The molecule has 1 atom stereocenters. The highest BCUT2D eigenvalue weighted by molar-refractivity contribution is 5.95. The first kappa shape index (κ1) is 22.3. The van der Waals surface area contributed by atoms with Crippen LogP contribution in [0.3, 0.4) is 0 Å². The smallest absolute Gasteiger partial charge is 0.338 e. The third-order valence-corrected chi connectivity index (χ3v) is 4.37. The first-order valence-corrected chi connectivity index (χ1v) is 9.50. The predicted molar refractivity (Wildman–Crippen MR) is 110 cm³/mol. The summed E-state index contributed by atoms with van der Waals surface area (Å²) in [5.74, 6) is -1.26. The third-order valence-electron chi connectivity index (χ3n) is 4.37. The number of carbonyl (C=O) groups is 3. The minimum atomic E-state index is -0.936. The first-order valence-electron chi connectivity index (χ1n) is 9.50. The van der Waals surface area contributed by atoms with E-state index >= 15 is 0 Å². The number of urea groups is 1. The van der Waals surface area contributed by atoms with Gasteiger partial charge in [-0.2, -0.15) is 0 Å². The van der Waals surface area contributed by atoms with Gasteiger partial charge in [-0.25, -0.2) is 14.4 Å². The Balaban J connectivity index is 1.80. The van der Waals surface area contributed by atoms with Crippen LogP contribution in [0, 0.1) is 10.1 Å². The molecule has 0 saturated heterocycles. The van der Waals surface area contributed by atoms with Crippen LogP contribution in [-0.4, -0.2) is 36.1 Å². The van der Waals surface area contributed by atoms with Gasteiger partial charge in [-0.05, 0) is 31.2 Å². The molecule has 1 aromatic carbocycles. The molecule has 32 heavy (non-hydrogen) atoms. The Morgan fingerprint density at radius 1 is 1.22 bits per heavy atom. The molecule has 0 aliphatic carbocycles. The van der Waals surface area contributed by atoms with Gasteiger partial charge < -0.3 is 24.5 Å². The van der Waals surface area contributed by atoms with Crippen LogP contribution in [-0.2, 0) is 19.1 Å². The molecule has 0 saturated carbocycles. The lowest BCUT2D eigenvalue weighted by Gasteiger charge is -2.27. The monoisotopic (exact) mass is 441 g/mol. The molecule has 1 unspecified atom stereocenters. The quantitative estimate of drug-likeness (QED) is 0.275. The second-order valence-electron chi connectivity index (χ2n) is 6.42. The molecule has 0 radical (unpaired) electrons. The van der Waals surface area contributed by atoms with E-state index in [0.29, 0.717) is 5.76 Å². The lowest BCUT2D eigenvalue weighted by atomic mass is 10.0. The third kappa shape index (κ3) is 5.19. The number of nitro benzene ring substituents is 1. The lowest BCUT2D eigenvalue weighted by molar-refractivity contribution is -0.385. The number of nitro groups is 1. The van der Waals surface area contributed by atoms with Crippen LogP contribution in [0.4, 0.5) is 10.5 Å². The topological polar surface area (TPSA) is 150 Å². The van der Waals surface area contributed by atoms with Crippen molar-refractivity contribution < 1.29 is 33.2 Å². The van der Waals surface area contributed by atoms with E-state index < -0.39 is 35.5 Å². The molecule has 11 nitrogen and oxygen atoms in total. The molecule has 1 aliphatic rings. The molecule has 0 spiro atoms. The Morgan fingerprint density at radius 3 is 2.69 bits per heavy atom. The van der Waals surface area contributed by atoms with Gasteiger partial charge in [-0.15, -0.1) is 0 Å². The van der Waals surface area contributed by atoms with E-state index in [4.69, 9.17) is 13.9 Å². The highest BCUT2D eigenvalue weighted by Crippen LogP contribution is 2.28. The summed E-state index contributed by atoms with van der Waals surface area (Å²) in [7, 11) is 0. The van der Waals surface area contributed by atoms with Crippen LogP contribution < -0.4 is 10.6 Å². The van der Waals surface area contributed by atoms with Crippen LogP contribution >= 0.6 is 0 Å². The highest BCUT2D eigenvalue weighted by atomic mass is 16.6. The summed E-state index contributed by atoms with van der Waals surface area (Å²) < 4.78 is 15.5. The number of hydrogen-bond acceptors (Lipinski definition) is 8. The number of amides is 2. The Morgan fingerprint density at radius 2 is 2.00 bits per heavy atom. The Bertz CT molecular complexity index is 1090. The van der Waals surface area contributed by atoms with Crippen molar-refractivity contribution in [3.05, 3.63) is 81.4 Å². The van der Waals surface area contributed by atoms with Crippen LogP contribution in [0.5, 0.6) is 0 Å². The molecule has 3 rings (SSSR count). The van der Waals surface area contributed by atoms with Crippen LogP contribution in [0.25, 0.3) is 6.08 Å². The lowest BCUT2D eigenvalue weighted by Crippen LogP contribution is -2.47. The number of carbonyl (C=O) groups excluding carboxylic acids is 3. The largest absolute Gasteiger partial charge is 0.467 e. The summed E-state index contributed by atoms with van der Waals surface area (Å²) in [5, 5.41) is 16.1. The maximum atomic E-state index is 12.5. The zero-order valence-electron chi connectivity index (χ0n) is 16.9. The van der Waals surface area contributed by atoms with Crippen LogP contribution in [0.1, 0.15) is 24.3 Å². The van der Waals surface area contributed by atoms with Crippen molar-refractivity contribution in [1.29, 1.82) is 0 Å². The van der Waals surface area contributed by atoms with Gasteiger partial charge in [0.25, 0.3) is 5.69 Å². The Labute approximate surface area is 181 Å².